The van der Waals surface area contributed by atoms with Crippen molar-refractivity contribution in [1.29, 1.82) is 0 Å². The maximum Gasteiger partial charge on any atom is 0.0145 e. The van der Waals surface area contributed by atoms with Crippen LogP contribution in [0.5, 0.6) is 0 Å². The van der Waals surface area contributed by atoms with E-state index in [0.717, 1.165) is 18.0 Å². The average Bonchev–Trinajstić information content (AvgIpc) is 3.05. The van der Waals surface area contributed by atoms with Gasteiger partial charge in [0.15, 0.2) is 0 Å². The van der Waals surface area contributed by atoms with Crippen LogP contribution < -0.4 is 10.6 Å². The fraction of sp³-hybridized carbons (Fsp3) is 0.647. The largest absolute Gasteiger partial charge is 0.310 e. The minimum Gasteiger partial charge on any atom is -0.310 e. The third kappa shape index (κ3) is 3.37. The standard InChI is InChI=1S/C17H26N2/c1-17(2,3)19-14-9-13(10-14)18-16-11-15(16)12-7-5-4-6-8-12/h4-8,13-16,18-19H,9-11H2,1-3H3/t13-,14-,15-,16+/m0/s1. The van der Waals surface area contributed by atoms with Gasteiger partial charge in [-0.25, -0.2) is 0 Å². The molecule has 104 valence electrons. The van der Waals surface area contributed by atoms with Crippen LogP contribution in [0, 0.1) is 0 Å². The Morgan fingerprint density at radius 1 is 0.947 bits per heavy atom. The molecule has 2 heteroatoms. The molecule has 0 aliphatic heterocycles. The molecule has 2 aliphatic rings. The van der Waals surface area contributed by atoms with Crippen molar-refractivity contribution in [3.05, 3.63) is 35.9 Å². The maximum atomic E-state index is 3.81. The van der Waals surface area contributed by atoms with Crippen LogP contribution in [0.25, 0.3) is 0 Å². The molecule has 2 fully saturated rings. The van der Waals surface area contributed by atoms with Crippen LogP contribution in [0.1, 0.15) is 51.5 Å². The van der Waals surface area contributed by atoms with Gasteiger partial charge in [-0.1, -0.05) is 30.3 Å². The van der Waals surface area contributed by atoms with Crippen molar-refractivity contribution < 1.29 is 0 Å². The Morgan fingerprint density at radius 3 is 2.26 bits per heavy atom. The lowest BCUT2D eigenvalue weighted by Crippen LogP contribution is -2.56. The van der Waals surface area contributed by atoms with E-state index in [2.05, 4.69) is 61.7 Å². The second kappa shape index (κ2) is 4.92. The van der Waals surface area contributed by atoms with Crippen molar-refractivity contribution >= 4 is 0 Å². The maximum absolute atomic E-state index is 3.81. The Balaban J connectivity index is 1.40. The molecule has 0 spiro atoms. The van der Waals surface area contributed by atoms with Crippen molar-refractivity contribution in [2.75, 3.05) is 0 Å². The molecule has 2 atom stereocenters. The van der Waals surface area contributed by atoms with Gasteiger partial charge in [0.25, 0.3) is 0 Å². The van der Waals surface area contributed by atoms with Gasteiger partial charge in [-0.05, 0) is 45.6 Å². The molecule has 1 aromatic rings. The third-order valence-corrected chi connectivity index (χ3v) is 4.24. The first kappa shape index (κ1) is 13.1. The Morgan fingerprint density at radius 2 is 1.63 bits per heavy atom. The molecule has 2 aliphatic carbocycles. The molecule has 2 saturated carbocycles. The highest BCUT2D eigenvalue weighted by Gasteiger charge is 2.42. The topological polar surface area (TPSA) is 24.1 Å². The van der Waals surface area contributed by atoms with Crippen molar-refractivity contribution in [3.63, 3.8) is 0 Å². The molecule has 2 N–H and O–H groups in total. The van der Waals surface area contributed by atoms with Crippen LogP contribution in [0.3, 0.4) is 0 Å². The highest BCUT2D eigenvalue weighted by Crippen LogP contribution is 2.42. The van der Waals surface area contributed by atoms with E-state index in [9.17, 15) is 0 Å². The van der Waals surface area contributed by atoms with E-state index in [4.69, 9.17) is 0 Å². The van der Waals surface area contributed by atoms with Crippen molar-refractivity contribution in [1.82, 2.24) is 10.6 Å². The molecule has 0 heterocycles. The van der Waals surface area contributed by atoms with Crippen molar-refractivity contribution in [2.45, 2.75) is 69.6 Å². The van der Waals surface area contributed by atoms with E-state index in [-0.39, 0.29) is 5.54 Å². The van der Waals surface area contributed by atoms with Gasteiger partial charge in [0, 0.05) is 29.6 Å². The van der Waals surface area contributed by atoms with Crippen LogP contribution in [-0.2, 0) is 0 Å². The average molecular weight is 258 g/mol. The second-order valence-corrected chi connectivity index (χ2v) is 7.29. The highest BCUT2D eigenvalue weighted by molar-refractivity contribution is 5.28. The number of rotatable bonds is 4. The Bertz CT molecular complexity index is 415. The molecule has 2 nitrogen and oxygen atoms in total. The van der Waals surface area contributed by atoms with E-state index < -0.39 is 0 Å². The van der Waals surface area contributed by atoms with Gasteiger partial charge in [0.1, 0.15) is 0 Å². The first-order valence-electron chi connectivity index (χ1n) is 7.60. The van der Waals surface area contributed by atoms with E-state index in [0.29, 0.717) is 6.04 Å². The minimum absolute atomic E-state index is 0.252. The van der Waals surface area contributed by atoms with Crippen LogP contribution in [-0.4, -0.2) is 23.7 Å². The molecular weight excluding hydrogens is 232 g/mol. The summed E-state index contributed by atoms with van der Waals surface area (Å²) in [5.41, 5.74) is 1.76. The lowest BCUT2D eigenvalue weighted by Gasteiger charge is -2.41. The predicted molar refractivity (Wildman–Crippen MR) is 80.4 cm³/mol. The van der Waals surface area contributed by atoms with E-state index >= 15 is 0 Å². The van der Waals surface area contributed by atoms with Gasteiger partial charge >= 0.3 is 0 Å². The quantitative estimate of drug-likeness (QED) is 0.867. The normalized spacial score (nSPS) is 33.8. The molecule has 1 aromatic carbocycles. The van der Waals surface area contributed by atoms with E-state index in [1.165, 1.54) is 24.8 Å². The first-order chi connectivity index (χ1) is 9.01. The number of nitrogens with one attached hydrogen (secondary N) is 2. The van der Waals surface area contributed by atoms with Gasteiger partial charge in [-0.15, -0.1) is 0 Å². The van der Waals surface area contributed by atoms with Gasteiger partial charge in [-0.2, -0.15) is 0 Å². The van der Waals surface area contributed by atoms with Crippen LogP contribution >= 0.6 is 0 Å². The molecule has 0 bridgehead atoms. The van der Waals surface area contributed by atoms with Crippen LogP contribution in [0.2, 0.25) is 0 Å². The Kier molecular flexibility index (Phi) is 3.40. The fourth-order valence-corrected chi connectivity index (χ4v) is 3.23. The molecule has 19 heavy (non-hydrogen) atoms. The summed E-state index contributed by atoms with van der Waals surface area (Å²) in [7, 11) is 0. The zero-order chi connectivity index (χ0) is 13.5. The van der Waals surface area contributed by atoms with Crippen LogP contribution in [0.4, 0.5) is 0 Å². The monoisotopic (exact) mass is 258 g/mol. The molecule has 0 aromatic heterocycles. The van der Waals surface area contributed by atoms with Crippen molar-refractivity contribution in [3.8, 4) is 0 Å². The summed E-state index contributed by atoms with van der Waals surface area (Å²) in [6.07, 6.45) is 3.89. The third-order valence-electron chi connectivity index (χ3n) is 4.24. The lowest BCUT2D eigenvalue weighted by atomic mass is 9.85. The summed E-state index contributed by atoms with van der Waals surface area (Å²) >= 11 is 0. The lowest BCUT2D eigenvalue weighted by molar-refractivity contribution is 0.206. The molecule has 0 amide bonds. The summed E-state index contributed by atoms with van der Waals surface area (Å²) < 4.78 is 0. The Labute approximate surface area is 117 Å². The highest BCUT2D eigenvalue weighted by atomic mass is 15.1. The Hall–Kier alpha value is -0.860. The van der Waals surface area contributed by atoms with Crippen LogP contribution in [0.15, 0.2) is 30.3 Å². The molecule has 0 unspecified atom stereocenters. The van der Waals surface area contributed by atoms with E-state index in [1.807, 2.05) is 0 Å². The van der Waals surface area contributed by atoms with Gasteiger partial charge < -0.3 is 10.6 Å². The van der Waals surface area contributed by atoms with Crippen molar-refractivity contribution in [2.24, 2.45) is 0 Å². The first-order valence-corrected chi connectivity index (χ1v) is 7.60. The molecule has 3 rings (SSSR count). The van der Waals surface area contributed by atoms with Gasteiger partial charge in [-0.3, -0.25) is 0 Å². The minimum atomic E-state index is 0.252. The zero-order valence-corrected chi connectivity index (χ0v) is 12.3. The predicted octanol–water partition coefficient (Wildman–Crippen LogP) is 3.05. The molecule has 0 saturated heterocycles. The summed E-state index contributed by atoms with van der Waals surface area (Å²) in [4.78, 5) is 0. The fourth-order valence-electron chi connectivity index (χ4n) is 3.23. The smallest absolute Gasteiger partial charge is 0.0145 e. The summed E-state index contributed by atoms with van der Waals surface area (Å²) in [6, 6.07) is 13.1. The second-order valence-electron chi connectivity index (χ2n) is 7.29. The molecule has 0 radical (unpaired) electrons. The van der Waals surface area contributed by atoms with Gasteiger partial charge in [0.2, 0.25) is 0 Å². The summed E-state index contributed by atoms with van der Waals surface area (Å²) in [5.74, 6) is 0.760. The summed E-state index contributed by atoms with van der Waals surface area (Å²) in [6.45, 7) is 6.75. The number of benzene rings is 1. The number of hydrogen-bond acceptors (Lipinski definition) is 2. The zero-order valence-electron chi connectivity index (χ0n) is 12.3. The van der Waals surface area contributed by atoms with Gasteiger partial charge in [0.05, 0.1) is 0 Å². The molecular formula is C17H26N2. The van der Waals surface area contributed by atoms with E-state index in [1.54, 1.807) is 0 Å². The number of hydrogen-bond donors (Lipinski definition) is 2. The summed E-state index contributed by atoms with van der Waals surface area (Å²) in [5, 5.41) is 7.50. The SMILES string of the molecule is CC(C)(C)N[C@H]1C[C@H](N[C@@H]2C[C@H]2c2ccccc2)C1.